The zero-order valence-electron chi connectivity index (χ0n) is 9.00. The quantitative estimate of drug-likeness (QED) is 0.788. The summed E-state index contributed by atoms with van der Waals surface area (Å²) < 4.78 is 5.65. The number of carboxylic acids is 1. The molecule has 1 aromatic carbocycles. The summed E-state index contributed by atoms with van der Waals surface area (Å²) in [6.07, 6.45) is 0.579. The molecule has 1 aromatic rings. The average Bonchev–Trinajstić information content (AvgIpc) is 2.73. The summed E-state index contributed by atoms with van der Waals surface area (Å²) in [5.74, 6) is -0.671. The summed E-state index contributed by atoms with van der Waals surface area (Å²) in [5.41, 5.74) is 0.442. The lowest BCUT2D eigenvalue weighted by Gasteiger charge is -2.33. The number of para-hydroxylation sites is 1. The van der Waals surface area contributed by atoms with Gasteiger partial charge in [0.1, 0.15) is 11.8 Å². The van der Waals surface area contributed by atoms with Crippen molar-refractivity contribution in [1.29, 1.82) is 0 Å². The van der Waals surface area contributed by atoms with E-state index in [0.717, 1.165) is 0 Å². The standard InChI is InChI=1S/C12H11NO4/c14-11-7-3-1-2-4-9(7)17-10-6-5-8(12(15)16)13(10)11/h1-4,8,10H,5-6H2,(H,15,16)/t8-,10-/m0/s1. The largest absolute Gasteiger partial charge is 0.480 e. The number of amides is 1. The molecule has 1 N–H and O–H groups in total. The maximum Gasteiger partial charge on any atom is 0.326 e. The molecular formula is C12H11NO4. The van der Waals surface area contributed by atoms with Gasteiger partial charge in [-0.15, -0.1) is 0 Å². The van der Waals surface area contributed by atoms with Crippen molar-refractivity contribution in [2.75, 3.05) is 0 Å². The van der Waals surface area contributed by atoms with E-state index in [-0.39, 0.29) is 5.91 Å². The van der Waals surface area contributed by atoms with Gasteiger partial charge in [-0.2, -0.15) is 0 Å². The molecule has 0 unspecified atom stereocenters. The minimum absolute atomic E-state index is 0.248. The Balaban J connectivity index is 2.03. The molecule has 1 fully saturated rings. The van der Waals surface area contributed by atoms with E-state index in [2.05, 4.69) is 0 Å². The molecule has 2 aliphatic rings. The van der Waals surface area contributed by atoms with E-state index in [1.807, 2.05) is 0 Å². The van der Waals surface area contributed by atoms with Crippen molar-refractivity contribution < 1.29 is 19.4 Å². The molecule has 3 rings (SSSR count). The summed E-state index contributed by atoms with van der Waals surface area (Å²) >= 11 is 0. The van der Waals surface area contributed by atoms with Crippen molar-refractivity contribution in [2.45, 2.75) is 25.1 Å². The lowest BCUT2D eigenvalue weighted by molar-refractivity contribution is -0.143. The number of rotatable bonds is 1. The van der Waals surface area contributed by atoms with Gasteiger partial charge in [-0.1, -0.05) is 12.1 Å². The number of fused-ring (bicyclic) bond motifs is 2. The van der Waals surface area contributed by atoms with Gasteiger partial charge >= 0.3 is 5.97 Å². The number of carbonyl (C=O) groups excluding carboxylic acids is 1. The molecule has 0 radical (unpaired) electrons. The van der Waals surface area contributed by atoms with Gasteiger partial charge in [0, 0.05) is 6.42 Å². The van der Waals surface area contributed by atoms with Crippen LogP contribution in [0.5, 0.6) is 5.75 Å². The molecule has 2 heterocycles. The van der Waals surface area contributed by atoms with Crippen LogP contribution in [0.4, 0.5) is 0 Å². The fourth-order valence-corrected chi connectivity index (χ4v) is 2.44. The molecule has 5 heteroatoms. The molecular weight excluding hydrogens is 222 g/mol. The van der Waals surface area contributed by atoms with Gasteiger partial charge in [-0.25, -0.2) is 4.79 Å². The molecule has 88 valence electrons. The van der Waals surface area contributed by atoms with E-state index in [9.17, 15) is 9.59 Å². The molecule has 1 amide bonds. The van der Waals surface area contributed by atoms with Crippen LogP contribution in [0.15, 0.2) is 24.3 Å². The van der Waals surface area contributed by atoms with E-state index in [0.29, 0.717) is 24.2 Å². The van der Waals surface area contributed by atoms with Crippen LogP contribution >= 0.6 is 0 Å². The topological polar surface area (TPSA) is 66.8 Å². The second kappa shape index (κ2) is 3.48. The molecule has 0 spiro atoms. The SMILES string of the molecule is O=C(O)[C@@H]1CC[C@@H]2Oc3ccccc3C(=O)N21. The second-order valence-electron chi connectivity index (χ2n) is 4.21. The number of ether oxygens (including phenoxy) is 1. The molecule has 5 nitrogen and oxygen atoms in total. The van der Waals surface area contributed by atoms with Crippen molar-refractivity contribution in [3.8, 4) is 5.75 Å². The normalized spacial score (nSPS) is 26.1. The number of carboxylic acid groups (broad SMARTS) is 1. The Bertz CT molecular complexity index is 499. The number of nitrogens with zero attached hydrogens (tertiary/aromatic N) is 1. The lowest BCUT2D eigenvalue weighted by atomic mass is 10.1. The second-order valence-corrected chi connectivity index (χ2v) is 4.21. The number of aliphatic carboxylic acids is 1. The summed E-state index contributed by atoms with van der Waals surface area (Å²) in [4.78, 5) is 24.6. The first-order chi connectivity index (χ1) is 8.18. The van der Waals surface area contributed by atoms with Crippen LogP contribution in [0.3, 0.4) is 0 Å². The first-order valence-corrected chi connectivity index (χ1v) is 5.49. The molecule has 1 saturated heterocycles. The summed E-state index contributed by atoms with van der Waals surface area (Å²) in [6.45, 7) is 0. The Morgan fingerprint density at radius 3 is 2.88 bits per heavy atom. The first kappa shape index (κ1) is 10.1. The van der Waals surface area contributed by atoms with E-state index in [4.69, 9.17) is 9.84 Å². The Labute approximate surface area is 97.6 Å². The predicted molar refractivity (Wildman–Crippen MR) is 57.7 cm³/mol. The van der Waals surface area contributed by atoms with Crippen LogP contribution in [0, 0.1) is 0 Å². The maximum absolute atomic E-state index is 12.2. The molecule has 0 aliphatic carbocycles. The summed E-state index contributed by atoms with van der Waals surface area (Å²) in [5, 5.41) is 9.07. The fourth-order valence-electron chi connectivity index (χ4n) is 2.44. The number of hydrogen-bond acceptors (Lipinski definition) is 3. The van der Waals surface area contributed by atoms with Crippen molar-refractivity contribution >= 4 is 11.9 Å². The number of carbonyl (C=O) groups is 2. The highest BCUT2D eigenvalue weighted by molar-refractivity contribution is 6.00. The summed E-state index contributed by atoms with van der Waals surface area (Å²) in [7, 11) is 0. The minimum Gasteiger partial charge on any atom is -0.480 e. The Morgan fingerprint density at radius 1 is 1.35 bits per heavy atom. The zero-order valence-corrected chi connectivity index (χ0v) is 9.00. The van der Waals surface area contributed by atoms with Gasteiger partial charge in [-0.05, 0) is 18.6 Å². The average molecular weight is 233 g/mol. The van der Waals surface area contributed by atoms with Gasteiger partial charge in [-0.3, -0.25) is 9.69 Å². The third-order valence-corrected chi connectivity index (χ3v) is 3.23. The molecule has 2 aliphatic heterocycles. The fraction of sp³-hybridized carbons (Fsp3) is 0.333. The molecule has 2 atom stereocenters. The lowest BCUT2D eigenvalue weighted by Crippen LogP contribution is -2.49. The highest BCUT2D eigenvalue weighted by Crippen LogP contribution is 2.35. The third-order valence-electron chi connectivity index (χ3n) is 3.23. The Morgan fingerprint density at radius 2 is 2.12 bits per heavy atom. The van der Waals surface area contributed by atoms with E-state index < -0.39 is 18.2 Å². The highest BCUT2D eigenvalue weighted by Gasteiger charge is 2.45. The van der Waals surface area contributed by atoms with Crippen LogP contribution in [0.25, 0.3) is 0 Å². The van der Waals surface area contributed by atoms with E-state index >= 15 is 0 Å². The van der Waals surface area contributed by atoms with E-state index in [1.54, 1.807) is 24.3 Å². The maximum atomic E-state index is 12.2. The summed E-state index contributed by atoms with van der Waals surface area (Å²) in [6, 6.07) is 6.17. The van der Waals surface area contributed by atoms with E-state index in [1.165, 1.54) is 4.90 Å². The van der Waals surface area contributed by atoms with Crippen LogP contribution in [-0.2, 0) is 4.79 Å². The van der Waals surface area contributed by atoms with Crippen molar-refractivity contribution in [3.63, 3.8) is 0 Å². The number of benzene rings is 1. The van der Waals surface area contributed by atoms with Crippen LogP contribution in [-0.4, -0.2) is 34.2 Å². The van der Waals surface area contributed by atoms with Crippen LogP contribution < -0.4 is 4.74 Å². The third kappa shape index (κ3) is 1.39. The first-order valence-electron chi connectivity index (χ1n) is 5.49. The van der Waals surface area contributed by atoms with Gasteiger partial charge in [0.05, 0.1) is 5.56 Å². The predicted octanol–water partition coefficient (Wildman–Crippen LogP) is 1.09. The molecule has 0 bridgehead atoms. The smallest absolute Gasteiger partial charge is 0.326 e. The Hall–Kier alpha value is -2.04. The van der Waals surface area contributed by atoms with Gasteiger partial charge in [0.2, 0.25) is 0 Å². The van der Waals surface area contributed by atoms with Crippen LogP contribution in [0.1, 0.15) is 23.2 Å². The van der Waals surface area contributed by atoms with Crippen molar-refractivity contribution in [3.05, 3.63) is 29.8 Å². The molecule has 17 heavy (non-hydrogen) atoms. The number of hydrogen-bond donors (Lipinski definition) is 1. The molecule has 0 aromatic heterocycles. The molecule has 0 saturated carbocycles. The Kier molecular flexibility index (Phi) is 2.07. The van der Waals surface area contributed by atoms with Crippen LogP contribution in [0.2, 0.25) is 0 Å². The van der Waals surface area contributed by atoms with Gasteiger partial charge in [0.15, 0.2) is 6.23 Å². The van der Waals surface area contributed by atoms with Gasteiger partial charge < -0.3 is 9.84 Å². The highest BCUT2D eigenvalue weighted by atomic mass is 16.5. The van der Waals surface area contributed by atoms with Crippen molar-refractivity contribution in [1.82, 2.24) is 4.90 Å². The minimum atomic E-state index is -0.969. The monoisotopic (exact) mass is 233 g/mol. The van der Waals surface area contributed by atoms with Gasteiger partial charge in [0.25, 0.3) is 5.91 Å². The van der Waals surface area contributed by atoms with Crippen molar-refractivity contribution in [2.24, 2.45) is 0 Å². The zero-order chi connectivity index (χ0) is 12.0.